The highest BCUT2D eigenvalue weighted by atomic mass is 16.5. The summed E-state index contributed by atoms with van der Waals surface area (Å²) in [7, 11) is 1.70. The fraction of sp³-hybridized carbons (Fsp3) is 0.600. The van der Waals surface area contributed by atoms with E-state index in [1.807, 2.05) is 19.1 Å². The Balaban J connectivity index is 1.87. The molecule has 0 bridgehead atoms. The Kier molecular flexibility index (Phi) is 4.61. The van der Waals surface area contributed by atoms with Gasteiger partial charge in [-0.3, -0.25) is 4.90 Å². The molecule has 3 nitrogen and oxygen atoms in total. The number of hydrogen-bond acceptors (Lipinski definition) is 3. The molecule has 0 aliphatic carbocycles. The fourth-order valence-corrected chi connectivity index (χ4v) is 2.62. The summed E-state index contributed by atoms with van der Waals surface area (Å²) in [6.07, 6.45) is 2.03. The van der Waals surface area contributed by atoms with Crippen LogP contribution in [0.25, 0.3) is 0 Å². The summed E-state index contributed by atoms with van der Waals surface area (Å²) in [4.78, 5) is 2.45. The third-order valence-electron chi connectivity index (χ3n) is 3.85. The Morgan fingerprint density at radius 2 is 2.11 bits per heavy atom. The summed E-state index contributed by atoms with van der Waals surface area (Å²) < 4.78 is 5.24. The molecule has 0 amide bonds. The molecule has 0 saturated carbocycles. The van der Waals surface area contributed by atoms with Crippen molar-refractivity contribution in [1.82, 2.24) is 4.90 Å². The van der Waals surface area contributed by atoms with Crippen molar-refractivity contribution in [2.45, 2.75) is 32.4 Å². The van der Waals surface area contributed by atoms with Gasteiger partial charge >= 0.3 is 0 Å². The van der Waals surface area contributed by atoms with Gasteiger partial charge in [0.15, 0.2) is 0 Å². The van der Waals surface area contributed by atoms with E-state index in [2.05, 4.69) is 17.0 Å². The van der Waals surface area contributed by atoms with E-state index in [0.29, 0.717) is 5.92 Å². The van der Waals surface area contributed by atoms with Crippen molar-refractivity contribution in [3.63, 3.8) is 0 Å². The van der Waals surface area contributed by atoms with Gasteiger partial charge in [0.05, 0.1) is 13.2 Å². The molecule has 1 aromatic rings. The predicted molar refractivity (Wildman–Crippen MR) is 72.7 cm³/mol. The molecule has 2 rings (SSSR count). The number of benzene rings is 1. The van der Waals surface area contributed by atoms with Crippen LogP contribution in [0.1, 0.15) is 25.3 Å². The van der Waals surface area contributed by atoms with Gasteiger partial charge in [-0.25, -0.2) is 0 Å². The topological polar surface area (TPSA) is 32.7 Å². The number of nitrogens with zero attached hydrogens (tertiary/aromatic N) is 1. The maximum Gasteiger partial charge on any atom is 0.119 e. The van der Waals surface area contributed by atoms with Crippen molar-refractivity contribution in [3.8, 4) is 5.75 Å². The van der Waals surface area contributed by atoms with E-state index in [1.165, 1.54) is 5.56 Å². The molecule has 18 heavy (non-hydrogen) atoms. The van der Waals surface area contributed by atoms with Crippen molar-refractivity contribution in [3.05, 3.63) is 29.8 Å². The highest BCUT2D eigenvalue weighted by Crippen LogP contribution is 2.22. The molecule has 0 spiro atoms. The van der Waals surface area contributed by atoms with Gasteiger partial charge in [0, 0.05) is 6.54 Å². The highest BCUT2D eigenvalue weighted by Gasteiger charge is 2.22. The van der Waals surface area contributed by atoms with Gasteiger partial charge in [0.1, 0.15) is 5.75 Å². The minimum atomic E-state index is -0.163. The van der Waals surface area contributed by atoms with E-state index >= 15 is 0 Å². The number of ether oxygens (including phenoxy) is 1. The first-order valence-electron chi connectivity index (χ1n) is 6.72. The van der Waals surface area contributed by atoms with Crippen LogP contribution in [-0.4, -0.2) is 36.3 Å². The van der Waals surface area contributed by atoms with Gasteiger partial charge in [-0.2, -0.15) is 0 Å². The molecule has 1 N–H and O–H groups in total. The summed E-state index contributed by atoms with van der Waals surface area (Å²) in [5, 5.41) is 9.59. The number of methoxy groups -OCH3 is 1. The number of likely N-dealkylation sites (tertiary alicyclic amines) is 1. The highest BCUT2D eigenvalue weighted by molar-refractivity contribution is 5.28. The molecule has 1 saturated heterocycles. The summed E-state index contributed by atoms with van der Waals surface area (Å²) in [5.74, 6) is 1.40. The zero-order valence-corrected chi connectivity index (χ0v) is 11.3. The van der Waals surface area contributed by atoms with Gasteiger partial charge in [-0.15, -0.1) is 0 Å². The minimum Gasteiger partial charge on any atom is -0.497 e. The number of aliphatic hydroxyl groups excluding tert-OH is 1. The molecular formula is C15H23NO2. The van der Waals surface area contributed by atoms with E-state index in [0.717, 1.165) is 38.2 Å². The summed E-state index contributed by atoms with van der Waals surface area (Å²) in [6.45, 7) is 5.03. The molecule has 1 aliphatic rings. The normalized spacial score (nSPS) is 19.7. The van der Waals surface area contributed by atoms with E-state index < -0.39 is 0 Å². The van der Waals surface area contributed by atoms with Crippen molar-refractivity contribution >= 4 is 0 Å². The number of aliphatic hydroxyl groups is 1. The first-order chi connectivity index (χ1) is 8.69. The molecule has 100 valence electrons. The molecule has 3 heteroatoms. The maximum absolute atomic E-state index is 9.59. The first kappa shape index (κ1) is 13.4. The van der Waals surface area contributed by atoms with Crippen LogP contribution in [-0.2, 0) is 6.54 Å². The SMILES string of the molecule is COc1cccc(CN2CCC([C@@H](C)O)CC2)c1. The maximum atomic E-state index is 9.59. The molecule has 0 aromatic heterocycles. The molecular weight excluding hydrogens is 226 g/mol. The lowest BCUT2D eigenvalue weighted by molar-refractivity contribution is 0.0695. The van der Waals surface area contributed by atoms with Crippen molar-refractivity contribution < 1.29 is 9.84 Å². The second-order valence-corrected chi connectivity index (χ2v) is 5.21. The van der Waals surface area contributed by atoms with Crippen LogP contribution in [0.4, 0.5) is 0 Å². The van der Waals surface area contributed by atoms with E-state index in [9.17, 15) is 5.11 Å². The second kappa shape index (κ2) is 6.21. The van der Waals surface area contributed by atoms with Crippen LogP contribution >= 0.6 is 0 Å². The fourth-order valence-electron chi connectivity index (χ4n) is 2.62. The van der Waals surface area contributed by atoms with Gasteiger partial charge in [0.2, 0.25) is 0 Å². The number of hydrogen-bond donors (Lipinski definition) is 1. The average Bonchev–Trinajstić information content (AvgIpc) is 2.39. The van der Waals surface area contributed by atoms with Crippen LogP contribution in [0.5, 0.6) is 5.75 Å². The average molecular weight is 249 g/mol. The smallest absolute Gasteiger partial charge is 0.119 e. The number of piperidine rings is 1. The Bertz CT molecular complexity index is 371. The van der Waals surface area contributed by atoms with Crippen molar-refractivity contribution in [2.75, 3.05) is 20.2 Å². The van der Waals surface area contributed by atoms with E-state index in [4.69, 9.17) is 4.74 Å². The standard InChI is InChI=1S/C15H23NO2/c1-12(17)14-6-8-16(9-7-14)11-13-4-3-5-15(10-13)18-2/h3-5,10,12,14,17H,6-9,11H2,1-2H3/t12-/m1/s1. The molecule has 0 unspecified atom stereocenters. The van der Waals surface area contributed by atoms with Crippen LogP contribution < -0.4 is 4.74 Å². The molecule has 1 heterocycles. The zero-order valence-electron chi connectivity index (χ0n) is 11.3. The van der Waals surface area contributed by atoms with Gasteiger partial charge < -0.3 is 9.84 Å². The Hall–Kier alpha value is -1.06. The van der Waals surface area contributed by atoms with Crippen LogP contribution in [0, 0.1) is 5.92 Å². The molecule has 1 atom stereocenters. The van der Waals surface area contributed by atoms with E-state index in [1.54, 1.807) is 7.11 Å². The van der Waals surface area contributed by atoms with Crippen molar-refractivity contribution in [1.29, 1.82) is 0 Å². The lowest BCUT2D eigenvalue weighted by Crippen LogP contribution is -2.36. The summed E-state index contributed by atoms with van der Waals surface area (Å²) in [5.41, 5.74) is 1.30. The third kappa shape index (κ3) is 3.47. The first-order valence-corrected chi connectivity index (χ1v) is 6.72. The molecule has 1 aromatic carbocycles. The monoisotopic (exact) mass is 249 g/mol. The lowest BCUT2D eigenvalue weighted by atomic mass is 9.92. The molecule has 1 aliphatic heterocycles. The lowest BCUT2D eigenvalue weighted by Gasteiger charge is -2.33. The van der Waals surface area contributed by atoms with Crippen LogP contribution in [0.2, 0.25) is 0 Å². The van der Waals surface area contributed by atoms with Crippen molar-refractivity contribution in [2.24, 2.45) is 5.92 Å². The molecule has 1 fully saturated rings. The largest absolute Gasteiger partial charge is 0.497 e. The Morgan fingerprint density at radius 3 is 2.72 bits per heavy atom. The summed E-state index contributed by atoms with van der Waals surface area (Å²) >= 11 is 0. The van der Waals surface area contributed by atoms with Gasteiger partial charge in [-0.05, 0) is 56.5 Å². The van der Waals surface area contributed by atoms with E-state index in [-0.39, 0.29) is 6.10 Å². The Labute approximate surface area is 109 Å². The Morgan fingerprint density at radius 1 is 1.39 bits per heavy atom. The van der Waals surface area contributed by atoms with Crippen LogP contribution in [0.15, 0.2) is 24.3 Å². The minimum absolute atomic E-state index is 0.163. The summed E-state index contributed by atoms with van der Waals surface area (Å²) in [6, 6.07) is 8.25. The van der Waals surface area contributed by atoms with Crippen LogP contribution in [0.3, 0.4) is 0 Å². The van der Waals surface area contributed by atoms with Gasteiger partial charge in [0.25, 0.3) is 0 Å². The predicted octanol–water partition coefficient (Wildman–Crippen LogP) is 2.29. The zero-order chi connectivity index (χ0) is 13.0. The molecule has 0 radical (unpaired) electrons. The van der Waals surface area contributed by atoms with Gasteiger partial charge in [-0.1, -0.05) is 12.1 Å². The number of rotatable bonds is 4. The second-order valence-electron chi connectivity index (χ2n) is 5.21. The third-order valence-corrected chi connectivity index (χ3v) is 3.85. The quantitative estimate of drug-likeness (QED) is 0.888.